The minimum Gasteiger partial charge on any atom is -0.319 e. The van der Waals surface area contributed by atoms with E-state index in [4.69, 9.17) is 11.6 Å². The van der Waals surface area contributed by atoms with E-state index in [1.165, 1.54) is 12.3 Å². The summed E-state index contributed by atoms with van der Waals surface area (Å²) in [7, 11) is 0. The molecule has 0 aromatic carbocycles. The molecule has 36 heavy (non-hydrogen) atoms. The van der Waals surface area contributed by atoms with E-state index < -0.39 is 59.7 Å². The number of aromatic nitrogens is 5. The van der Waals surface area contributed by atoms with E-state index in [2.05, 4.69) is 20.4 Å². The number of anilines is 1. The molecule has 3 heterocycles. The number of carbonyl (C=O) groups excluding carboxylic acids is 1. The van der Waals surface area contributed by atoms with Gasteiger partial charge in [-0.3, -0.25) is 9.36 Å². The van der Waals surface area contributed by atoms with Crippen LogP contribution in [0.3, 0.4) is 0 Å². The zero-order chi connectivity index (χ0) is 26.8. The molecule has 3 aromatic rings. The molecule has 0 bridgehead atoms. The quantitative estimate of drug-likeness (QED) is 0.332. The number of halogens is 6. The van der Waals surface area contributed by atoms with Crippen molar-refractivity contribution < 1.29 is 26.7 Å². The number of nitrogens with zero attached hydrogens (tertiary/aromatic N) is 5. The number of alkyl halides is 4. The van der Waals surface area contributed by atoms with Crippen LogP contribution in [-0.4, -0.2) is 36.4 Å². The summed E-state index contributed by atoms with van der Waals surface area (Å²) in [5.41, 5.74) is -1.26. The molecular weight excluding hydrogens is 511 g/mol. The summed E-state index contributed by atoms with van der Waals surface area (Å²) in [5, 5.41) is 6.10. The summed E-state index contributed by atoms with van der Waals surface area (Å²) in [6, 6.07) is 2.20. The molecule has 3 rings (SSSR count). The van der Waals surface area contributed by atoms with Gasteiger partial charge in [0, 0.05) is 19.2 Å². The molecule has 0 spiro atoms. The van der Waals surface area contributed by atoms with Gasteiger partial charge in [0.15, 0.2) is 22.6 Å². The lowest BCUT2D eigenvalue weighted by Gasteiger charge is -2.18. The van der Waals surface area contributed by atoms with Crippen LogP contribution in [0, 0.1) is 18.7 Å². The average Bonchev–Trinajstić information content (AvgIpc) is 3.12. The highest BCUT2D eigenvalue weighted by Crippen LogP contribution is 2.30. The average molecular weight is 533 g/mol. The first-order valence-electron chi connectivity index (χ1n) is 10.8. The smallest absolute Gasteiger partial charge is 0.319 e. The highest BCUT2D eigenvalue weighted by atomic mass is 35.5. The van der Waals surface area contributed by atoms with E-state index in [9.17, 15) is 27.2 Å². The predicted octanol–water partition coefficient (Wildman–Crippen LogP) is 4.80. The van der Waals surface area contributed by atoms with Crippen LogP contribution in [0.2, 0.25) is 5.15 Å². The van der Waals surface area contributed by atoms with Crippen molar-refractivity contribution >= 4 is 23.2 Å². The van der Waals surface area contributed by atoms with Gasteiger partial charge in [-0.25, -0.2) is 23.5 Å². The first-order chi connectivity index (χ1) is 16.9. The number of aryl methyl sites for hydroxylation is 1. The maximum atomic E-state index is 15.1. The van der Waals surface area contributed by atoms with Crippen molar-refractivity contribution in [1.29, 1.82) is 0 Å². The van der Waals surface area contributed by atoms with Gasteiger partial charge in [-0.15, -0.1) is 5.10 Å². The molecule has 1 atom stereocenters. The lowest BCUT2D eigenvalue weighted by molar-refractivity contribution is -0.169. The molecule has 194 valence electrons. The largest absolute Gasteiger partial charge is 0.391 e. The van der Waals surface area contributed by atoms with Crippen molar-refractivity contribution in [1.82, 2.24) is 24.3 Å². The molecule has 0 saturated carbocycles. The number of hydrogen-bond acceptors (Lipinski definition) is 5. The van der Waals surface area contributed by atoms with E-state index in [0.29, 0.717) is 22.7 Å². The molecule has 0 aliphatic heterocycles. The van der Waals surface area contributed by atoms with Crippen molar-refractivity contribution in [2.75, 3.05) is 5.32 Å². The topological polar surface area (TPSA) is 94.7 Å². The third-order valence-electron chi connectivity index (χ3n) is 5.40. The first-order valence-corrected chi connectivity index (χ1v) is 11.2. The number of hydrogen-bond donors (Lipinski definition) is 1. The minimum absolute atomic E-state index is 0.0784. The predicted molar refractivity (Wildman–Crippen MR) is 122 cm³/mol. The van der Waals surface area contributed by atoms with Gasteiger partial charge in [-0.05, 0) is 31.0 Å². The van der Waals surface area contributed by atoms with Crippen molar-refractivity contribution in [3.8, 4) is 5.82 Å². The Morgan fingerprint density at radius 2 is 2.00 bits per heavy atom. The summed E-state index contributed by atoms with van der Waals surface area (Å²) in [6.07, 6.45) is -3.62. The molecule has 14 heteroatoms. The van der Waals surface area contributed by atoms with Gasteiger partial charge in [0.1, 0.15) is 6.67 Å². The highest BCUT2D eigenvalue weighted by Gasteiger charge is 2.37. The zero-order valence-corrected chi connectivity index (χ0v) is 20.2. The molecule has 1 N–H and O–H groups in total. The summed E-state index contributed by atoms with van der Waals surface area (Å²) in [5.74, 6) is -5.21. The van der Waals surface area contributed by atoms with Crippen LogP contribution in [-0.2, 0) is 19.6 Å². The van der Waals surface area contributed by atoms with E-state index >= 15 is 4.39 Å². The van der Waals surface area contributed by atoms with Gasteiger partial charge in [0.2, 0.25) is 0 Å². The normalized spacial score (nSPS) is 12.6. The van der Waals surface area contributed by atoms with Gasteiger partial charge in [-0.1, -0.05) is 25.4 Å². The van der Waals surface area contributed by atoms with Gasteiger partial charge in [-0.2, -0.15) is 17.9 Å². The maximum absolute atomic E-state index is 15.1. The van der Waals surface area contributed by atoms with E-state index in [-0.39, 0.29) is 23.2 Å². The summed E-state index contributed by atoms with van der Waals surface area (Å²) in [6.45, 7) is 3.17. The molecule has 0 saturated heterocycles. The molecule has 8 nitrogen and oxygen atoms in total. The third-order valence-corrected chi connectivity index (χ3v) is 5.68. The number of amides is 1. The Bertz CT molecular complexity index is 1320. The zero-order valence-electron chi connectivity index (χ0n) is 19.5. The highest BCUT2D eigenvalue weighted by molar-refractivity contribution is 6.32. The summed E-state index contributed by atoms with van der Waals surface area (Å²) in [4.78, 5) is 33.5. The van der Waals surface area contributed by atoms with Crippen LogP contribution in [0.5, 0.6) is 0 Å². The lowest BCUT2D eigenvalue weighted by atomic mass is 10.0. The molecule has 0 aliphatic rings. The summed E-state index contributed by atoms with van der Waals surface area (Å²) < 4.78 is 70.0. The van der Waals surface area contributed by atoms with Gasteiger partial charge in [0.05, 0.1) is 22.9 Å². The van der Waals surface area contributed by atoms with E-state index in [0.717, 1.165) is 11.5 Å². The number of carbonyl (C=O) groups is 1. The number of nitrogens with one attached hydrogen (secondary N) is 1. The Morgan fingerprint density at radius 1 is 1.31 bits per heavy atom. The van der Waals surface area contributed by atoms with Gasteiger partial charge in [0.25, 0.3) is 5.91 Å². The van der Waals surface area contributed by atoms with Crippen LogP contribution >= 0.6 is 11.6 Å². The molecule has 1 amide bonds. The SMILES string of the molecule is CCCn1c(CF)nn(-c2nc(C[C@@H](C)C(F)(F)F)c(C(=O)Nc3c(C)ccnc3Cl)cc2F)c1=O. The molecule has 0 aliphatic carbocycles. The van der Waals surface area contributed by atoms with Crippen LogP contribution in [0.15, 0.2) is 23.1 Å². The van der Waals surface area contributed by atoms with E-state index in [1.54, 1.807) is 13.8 Å². The van der Waals surface area contributed by atoms with E-state index in [1.807, 2.05) is 0 Å². The molecule has 3 aromatic heterocycles. The Labute approximate surface area is 207 Å². The van der Waals surface area contributed by atoms with Crippen LogP contribution < -0.4 is 11.0 Å². The van der Waals surface area contributed by atoms with Crippen LogP contribution in [0.1, 0.15) is 47.7 Å². The minimum atomic E-state index is -4.64. The third kappa shape index (κ3) is 5.55. The van der Waals surface area contributed by atoms with Gasteiger partial charge < -0.3 is 5.32 Å². The molecule has 0 unspecified atom stereocenters. The lowest BCUT2D eigenvalue weighted by Crippen LogP contribution is -2.28. The fraction of sp³-hybridized carbons (Fsp3) is 0.409. The Kier molecular flexibility index (Phi) is 8.12. The summed E-state index contributed by atoms with van der Waals surface area (Å²) >= 11 is 6.01. The van der Waals surface area contributed by atoms with Crippen molar-refractivity contribution in [2.45, 2.75) is 53.0 Å². The fourth-order valence-corrected chi connectivity index (χ4v) is 3.65. The van der Waals surface area contributed by atoms with Crippen molar-refractivity contribution in [3.63, 3.8) is 0 Å². The number of rotatable bonds is 8. The monoisotopic (exact) mass is 532 g/mol. The second-order valence-electron chi connectivity index (χ2n) is 8.08. The van der Waals surface area contributed by atoms with Crippen LogP contribution in [0.25, 0.3) is 5.82 Å². The Morgan fingerprint density at radius 3 is 2.58 bits per heavy atom. The molecule has 0 radical (unpaired) electrons. The van der Waals surface area contributed by atoms with Gasteiger partial charge >= 0.3 is 11.9 Å². The fourth-order valence-electron chi connectivity index (χ4n) is 3.40. The Hall–Kier alpha value is -3.35. The standard InChI is InChI=1S/C22H22ClF5N6O2/c1-4-7-33-16(10-24)32-34(21(33)36)19-14(25)9-13(15(30-19)8-12(3)22(26,27)28)20(35)31-17-11(2)5-6-29-18(17)23/h5-6,9,12H,4,7-8,10H2,1-3H3,(H,31,35)/t12-/m1/s1. The second-order valence-corrected chi connectivity index (χ2v) is 8.44. The second kappa shape index (κ2) is 10.7. The van der Waals surface area contributed by atoms with Crippen LogP contribution in [0.4, 0.5) is 27.6 Å². The van der Waals surface area contributed by atoms with Crippen molar-refractivity contribution in [3.05, 3.63) is 62.4 Å². The first kappa shape index (κ1) is 27.2. The Balaban J connectivity index is 2.16. The molecular formula is C22H22ClF5N6O2. The van der Waals surface area contributed by atoms with Crippen molar-refractivity contribution in [2.24, 2.45) is 5.92 Å². The number of pyridine rings is 2. The maximum Gasteiger partial charge on any atom is 0.391 e. The molecule has 0 fully saturated rings.